The highest BCUT2D eigenvalue weighted by atomic mass is 79.9. The number of hydrogen-bond donors (Lipinski definition) is 0. The van der Waals surface area contributed by atoms with E-state index in [2.05, 4.69) is 15.9 Å². The lowest BCUT2D eigenvalue weighted by Crippen LogP contribution is -2.03. The van der Waals surface area contributed by atoms with Gasteiger partial charge in [-0.3, -0.25) is 4.79 Å². The number of benzene rings is 1. The molecule has 0 radical (unpaired) electrons. The van der Waals surface area contributed by atoms with Crippen molar-refractivity contribution in [3.8, 4) is 11.8 Å². The molecule has 15 heavy (non-hydrogen) atoms. The maximum Gasteiger partial charge on any atom is 0.147 e. The molecule has 1 aromatic rings. The summed E-state index contributed by atoms with van der Waals surface area (Å²) in [5.74, 6) is 0.579. The zero-order valence-electron chi connectivity index (χ0n) is 8.45. The lowest BCUT2D eigenvalue weighted by Gasteiger charge is -2.09. The Morgan fingerprint density at radius 3 is 2.73 bits per heavy atom. The molecule has 3 nitrogen and oxygen atoms in total. The van der Waals surface area contributed by atoms with E-state index in [1.54, 1.807) is 18.2 Å². The molecule has 1 rings (SSSR count). The predicted molar refractivity (Wildman–Crippen MR) is 60.1 cm³/mol. The first-order chi connectivity index (χ1) is 7.10. The average molecular weight is 268 g/mol. The van der Waals surface area contributed by atoms with Crippen molar-refractivity contribution in [3.05, 3.63) is 29.3 Å². The third-order valence-electron chi connectivity index (χ3n) is 2.01. The summed E-state index contributed by atoms with van der Waals surface area (Å²) in [7, 11) is 1.53. The molecule has 0 aliphatic heterocycles. The zero-order chi connectivity index (χ0) is 11.4. The Morgan fingerprint density at radius 2 is 2.27 bits per heavy atom. The number of ketones is 1. The van der Waals surface area contributed by atoms with Gasteiger partial charge < -0.3 is 4.74 Å². The van der Waals surface area contributed by atoms with Crippen molar-refractivity contribution >= 4 is 21.7 Å². The van der Waals surface area contributed by atoms with E-state index in [0.717, 1.165) is 0 Å². The van der Waals surface area contributed by atoms with Gasteiger partial charge >= 0.3 is 0 Å². The van der Waals surface area contributed by atoms with Crippen molar-refractivity contribution in [2.75, 3.05) is 7.11 Å². The number of alkyl halides is 1. The highest BCUT2D eigenvalue weighted by Crippen LogP contribution is 2.29. The number of methoxy groups -OCH3 is 1. The molecule has 0 bridgehead atoms. The molecule has 1 unspecified atom stereocenters. The number of nitrogens with zero attached hydrogens (tertiary/aromatic N) is 1. The van der Waals surface area contributed by atoms with Gasteiger partial charge in [0.2, 0.25) is 0 Å². The largest absolute Gasteiger partial charge is 0.497 e. The van der Waals surface area contributed by atoms with Crippen LogP contribution in [0.4, 0.5) is 0 Å². The normalized spacial score (nSPS) is 11.6. The lowest BCUT2D eigenvalue weighted by molar-refractivity contribution is -0.116. The van der Waals surface area contributed by atoms with E-state index in [9.17, 15) is 4.79 Å². The maximum atomic E-state index is 11.2. The number of Topliss-reactive ketones (excluding diaryl/α,β-unsaturated/α-hetero) is 1. The van der Waals surface area contributed by atoms with Crippen molar-refractivity contribution in [1.29, 1.82) is 5.26 Å². The second-order valence-electron chi connectivity index (χ2n) is 3.04. The molecule has 0 N–H and O–H groups in total. The van der Waals surface area contributed by atoms with Crippen molar-refractivity contribution in [2.45, 2.75) is 11.8 Å². The van der Waals surface area contributed by atoms with E-state index < -0.39 is 4.83 Å². The molecule has 0 heterocycles. The van der Waals surface area contributed by atoms with Crippen LogP contribution in [0.5, 0.6) is 5.75 Å². The highest BCUT2D eigenvalue weighted by molar-refractivity contribution is 9.09. The Kier molecular flexibility index (Phi) is 3.87. The van der Waals surface area contributed by atoms with Crippen LogP contribution >= 0.6 is 15.9 Å². The van der Waals surface area contributed by atoms with Gasteiger partial charge in [-0.2, -0.15) is 5.26 Å². The third kappa shape index (κ3) is 2.57. The summed E-state index contributed by atoms with van der Waals surface area (Å²) >= 11 is 3.25. The van der Waals surface area contributed by atoms with Crippen LogP contribution < -0.4 is 4.74 Å². The number of rotatable bonds is 3. The second-order valence-corrected chi connectivity index (χ2v) is 3.95. The SMILES string of the molecule is COc1ccc(C(Br)C(C)=O)c(C#N)c1. The monoisotopic (exact) mass is 267 g/mol. The van der Waals surface area contributed by atoms with Crippen LogP contribution in [0, 0.1) is 11.3 Å². The first-order valence-electron chi connectivity index (χ1n) is 4.32. The summed E-state index contributed by atoms with van der Waals surface area (Å²) in [6, 6.07) is 7.11. The van der Waals surface area contributed by atoms with E-state index in [4.69, 9.17) is 10.00 Å². The van der Waals surface area contributed by atoms with Gasteiger partial charge in [-0.1, -0.05) is 22.0 Å². The quantitative estimate of drug-likeness (QED) is 0.791. The average Bonchev–Trinajstić information content (AvgIpc) is 2.27. The smallest absolute Gasteiger partial charge is 0.147 e. The molecule has 0 amide bonds. The molecule has 1 aromatic carbocycles. The molecule has 0 fully saturated rings. The standard InChI is InChI=1S/C11H10BrNO2/c1-7(14)11(12)10-4-3-9(15-2)5-8(10)6-13/h3-5,11H,1-2H3. The fourth-order valence-electron chi connectivity index (χ4n) is 1.20. The molecule has 0 saturated heterocycles. The summed E-state index contributed by atoms with van der Waals surface area (Å²) in [6.45, 7) is 1.48. The predicted octanol–water partition coefficient (Wildman–Crippen LogP) is 2.59. The molecule has 0 aromatic heterocycles. The van der Waals surface area contributed by atoms with Crippen LogP contribution in [0.1, 0.15) is 22.9 Å². The lowest BCUT2D eigenvalue weighted by atomic mass is 10.0. The van der Waals surface area contributed by atoms with Crippen LogP contribution in [0.15, 0.2) is 18.2 Å². The van der Waals surface area contributed by atoms with Gasteiger partial charge in [0.05, 0.1) is 23.6 Å². The van der Waals surface area contributed by atoms with E-state index in [-0.39, 0.29) is 5.78 Å². The second kappa shape index (κ2) is 4.94. The zero-order valence-corrected chi connectivity index (χ0v) is 10.0. The minimum atomic E-state index is -0.432. The van der Waals surface area contributed by atoms with Gasteiger partial charge in [-0.25, -0.2) is 0 Å². The minimum Gasteiger partial charge on any atom is -0.497 e. The number of hydrogen-bond acceptors (Lipinski definition) is 3. The van der Waals surface area contributed by atoms with Crippen molar-refractivity contribution in [1.82, 2.24) is 0 Å². The van der Waals surface area contributed by atoms with Gasteiger partial charge in [-0.15, -0.1) is 0 Å². The van der Waals surface area contributed by atoms with Crippen LogP contribution in [0.2, 0.25) is 0 Å². The Hall–Kier alpha value is -1.34. The molecular weight excluding hydrogens is 258 g/mol. The summed E-state index contributed by atoms with van der Waals surface area (Å²) in [4.78, 5) is 10.7. The van der Waals surface area contributed by atoms with Crippen molar-refractivity contribution < 1.29 is 9.53 Å². The Balaban J connectivity index is 3.20. The number of carbonyl (C=O) groups excluding carboxylic acids is 1. The van der Waals surface area contributed by atoms with E-state index in [1.807, 2.05) is 6.07 Å². The molecule has 0 saturated carbocycles. The molecule has 0 spiro atoms. The molecule has 1 atom stereocenters. The molecule has 0 aliphatic rings. The Labute approximate surface area is 96.8 Å². The maximum absolute atomic E-state index is 11.2. The van der Waals surface area contributed by atoms with Gasteiger partial charge in [0.15, 0.2) is 0 Å². The third-order valence-corrected chi connectivity index (χ3v) is 3.15. The molecule has 0 aliphatic carbocycles. The van der Waals surface area contributed by atoms with Crippen LogP contribution in [-0.2, 0) is 4.79 Å². The van der Waals surface area contributed by atoms with E-state index in [1.165, 1.54) is 14.0 Å². The fraction of sp³-hybridized carbons (Fsp3) is 0.273. The number of carbonyl (C=O) groups is 1. The fourth-order valence-corrected chi connectivity index (χ4v) is 1.60. The first kappa shape index (κ1) is 11.7. The van der Waals surface area contributed by atoms with Gasteiger partial charge in [0.25, 0.3) is 0 Å². The van der Waals surface area contributed by atoms with Crippen molar-refractivity contribution in [2.24, 2.45) is 0 Å². The summed E-state index contributed by atoms with van der Waals surface area (Å²) in [5.41, 5.74) is 1.12. The van der Waals surface area contributed by atoms with Crippen LogP contribution in [0.3, 0.4) is 0 Å². The van der Waals surface area contributed by atoms with Crippen molar-refractivity contribution in [3.63, 3.8) is 0 Å². The van der Waals surface area contributed by atoms with Gasteiger partial charge in [0, 0.05) is 0 Å². The van der Waals surface area contributed by atoms with Gasteiger partial charge in [-0.05, 0) is 24.6 Å². The summed E-state index contributed by atoms with van der Waals surface area (Å²) in [5, 5.41) is 8.93. The van der Waals surface area contributed by atoms with Gasteiger partial charge in [0.1, 0.15) is 11.5 Å². The first-order valence-corrected chi connectivity index (χ1v) is 5.24. The number of halogens is 1. The minimum absolute atomic E-state index is 0.0309. The number of ether oxygens (including phenoxy) is 1. The Bertz CT molecular complexity index is 423. The topological polar surface area (TPSA) is 50.1 Å². The highest BCUT2D eigenvalue weighted by Gasteiger charge is 2.16. The van der Waals surface area contributed by atoms with Crippen LogP contribution in [-0.4, -0.2) is 12.9 Å². The van der Waals surface area contributed by atoms with E-state index >= 15 is 0 Å². The molecular formula is C11H10BrNO2. The Morgan fingerprint density at radius 1 is 1.60 bits per heavy atom. The molecule has 78 valence electrons. The molecule has 4 heteroatoms. The summed E-state index contributed by atoms with van der Waals surface area (Å²) < 4.78 is 5.00. The summed E-state index contributed by atoms with van der Waals surface area (Å²) in [6.07, 6.45) is 0. The van der Waals surface area contributed by atoms with E-state index in [0.29, 0.717) is 16.9 Å². The van der Waals surface area contributed by atoms with Crippen LogP contribution in [0.25, 0.3) is 0 Å². The number of nitriles is 1.